The summed E-state index contributed by atoms with van der Waals surface area (Å²) in [5.74, 6) is -0.823. The maximum Gasteiger partial charge on any atom is 0.307 e. The van der Waals surface area contributed by atoms with Gasteiger partial charge in [0.15, 0.2) is 0 Å². The molecule has 1 saturated carbocycles. The quantitative estimate of drug-likeness (QED) is 0.776. The van der Waals surface area contributed by atoms with Gasteiger partial charge in [-0.3, -0.25) is 4.79 Å². The van der Waals surface area contributed by atoms with E-state index < -0.39 is 17.3 Å². The van der Waals surface area contributed by atoms with Crippen molar-refractivity contribution in [3.05, 3.63) is 59.7 Å². The first-order valence-electron chi connectivity index (χ1n) is 8.82. The molecule has 0 radical (unpaired) electrons. The van der Waals surface area contributed by atoms with Crippen molar-refractivity contribution in [2.24, 2.45) is 11.8 Å². The van der Waals surface area contributed by atoms with E-state index >= 15 is 0 Å². The lowest BCUT2D eigenvalue weighted by molar-refractivity contribution is -0.146. The molecule has 1 aliphatic carbocycles. The lowest BCUT2D eigenvalue weighted by Crippen LogP contribution is -2.49. The number of aromatic hydroxyl groups is 2. The van der Waals surface area contributed by atoms with Crippen molar-refractivity contribution in [1.82, 2.24) is 0 Å². The Labute approximate surface area is 147 Å². The van der Waals surface area contributed by atoms with Gasteiger partial charge in [-0.05, 0) is 54.2 Å². The summed E-state index contributed by atoms with van der Waals surface area (Å²) in [4.78, 5) is 12.2. The SMILES string of the molecule is CCC1CCCC(C(=O)O)C1(c1ccc(O)cc1)c1ccc(O)cc1. The Hall–Kier alpha value is -2.49. The number of carbonyl (C=O) groups is 1. The minimum atomic E-state index is -0.792. The molecule has 1 fully saturated rings. The molecule has 0 amide bonds. The number of aliphatic carboxylic acids is 1. The van der Waals surface area contributed by atoms with Crippen molar-refractivity contribution >= 4 is 5.97 Å². The van der Waals surface area contributed by atoms with E-state index in [0.717, 1.165) is 30.4 Å². The van der Waals surface area contributed by atoms with E-state index in [1.165, 1.54) is 0 Å². The van der Waals surface area contributed by atoms with E-state index in [1.54, 1.807) is 24.3 Å². The lowest BCUT2D eigenvalue weighted by atomic mass is 9.53. The van der Waals surface area contributed by atoms with Crippen LogP contribution in [0.3, 0.4) is 0 Å². The van der Waals surface area contributed by atoms with E-state index in [0.29, 0.717) is 6.42 Å². The molecule has 2 aromatic carbocycles. The molecule has 3 rings (SSSR count). The maximum atomic E-state index is 12.2. The molecule has 1 aliphatic rings. The number of carboxylic acids is 1. The molecule has 4 nitrogen and oxygen atoms in total. The first kappa shape index (κ1) is 17.3. The van der Waals surface area contributed by atoms with E-state index in [2.05, 4.69) is 6.92 Å². The summed E-state index contributed by atoms with van der Waals surface area (Å²) in [5, 5.41) is 29.4. The van der Waals surface area contributed by atoms with Gasteiger partial charge in [-0.2, -0.15) is 0 Å². The average Bonchev–Trinajstić information content (AvgIpc) is 2.62. The number of rotatable bonds is 4. The van der Waals surface area contributed by atoms with Gasteiger partial charge in [0.05, 0.1) is 5.92 Å². The number of phenols is 2. The van der Waals surface area contributed by atoms with Crippen LogP contribution < -0.4 is 0 Å². The minimum absolute atomic E-state index is 0.167. The number of phenolic OH excluding ortho intramolecular Hbond substituents is 2. The molecule has 2 unspecified atom stereocenters. The van der Waals surface area contributed by atoms with Crippen molar-refractivity contribution in [2.75, 3.05) is 0 Å². The van der Waals surface area contributed by atoms with Crippen molar-refractivity contribution in [1.29, 1.82) is 0 Å². The Morgan fingerprint density at radius 2 is 1.44 bits per heavy atom. The molecule has 0 heterocycles. The molecule has 0 aromatic heterocycles. The van der Waals surface area contributed by atoms with Crippen LogP contribution in [0.25, 0.3) is 0 Å². The van der Waals surface area contributed by atoms with Gasteiger partial charge in [0.1, 0.15) is 11.5 Å². The van der Waals surface area contributed by atoms with Crippen LogP contribution in [0.4, 0.5) is 0 Å². The van der Waals surface area contributed by atoms with Crippen molar-refractivity contribution < 1.29 is 20.1 Å². The molecule has 25 heavy (non-hydrogen) atoms. The highest BCUT2D eigenvalue weighted by atomic mass is 16.4. The minimum Gasteiger partial charge on any atom is -0.508 e. The zero-order chi connectivity index (χ0) is 18.0. The topological polar surface area (TPSA) is 77.8 Å². The van der Waals surface area contributed by atoms with Gasteiger partial charge >= 0.3 is 5.97 Å². The van der Waals surface area contributed by atoms with Crippen LogP contribution in [-0.4, -0.2) is 21.3 Å². The summed E-state index contributed by atoms with van der Waals surface area (Å²) in [7, 11) is 0. The van der Waals surface area contributed by atoms with Gasteiger partial charge < -0.3 is 15.3 Å². The number of benzene rings is 2. The smallest absolute Gasteiger partial charge is 0.307 e. The van der Waals surface area contributed by atoms with E-state index in [4.69, 9.17) is 0 Å². The summed E-state index contributed by atoms with van der Waals surface area (Å²) in [6.45, 7) is 2.10. The second-order valence-corrected chi connectivity index (χ2v) is 6.89. The predicted molar refractivity (Wildman–Crippen MR) is 95.8 cm³/mol. The third kappa shape index (κ3) is 2.86. The normalized spacial score (nSPS) is 22.4. The molecule has 0 spiro atoms. The van der Waals surface area contributed by atoms with Gasteiger partial charge in [-0.15, -0.1) is 0 Å². The zero-order valence-electron chi connectivity index (χ0n) is 14.4. The summed E-state index contributed by atoms with van der Waals surface area (Å²) < 4.78 is 0. The molecule has 2 atom stereocenters. The Bertz CT molecular complexity index is 688. The predicted octanol–water partition coefficient (Wildman–Crippen LogP) is 4.29. The maximum absolute atomic E-state index is 12.2. The van der Waals surface area contributed by atoms with Crippen LogP contribution >= 0.6 is 0 Å². The van der Waals surface area contributed by atoms with Crippen molar-refractivity contribution in [3.8, 4) is 11.5 Å². The molecule has 132 valence electrons. The Morgan fingerprint density at radius 3 is 1.84 bits per heavy atom. The zero-order valence-corrected chi connectivity index (χ0v) is 14.4. The van der Waals surface area contributed by atoms with Gasteiger partial charge in [0, 0.05) is 5.41 Å². The fraction of sp³-hybridized carbons (Fsp3) is 0.381. The van der Waals surface area contributed by atoms with Crippen LogP contribution in [0.2, 0.25) is 0 Å². The second kappa shape index (κ2) is 6.79. The highest BCUT2D eigenvalue weighted by molar-refractivity contribution is 5.74. The highest BCUT2D eigenvalue weighted by Gasteiger charge is 2.52. The standard InChI is InChI=1S/C21H24O4/c1-2-14-4-3-5-19(20(24)25)21(14,15-6-10-17(22)11-7-15)16-8-12-18(23)13-9-16/h6-14,19,22-23H,2-5H2,1H3,(H,24,25). The van der Waals surface area contributed by atoms with Crippen LogP contribution in [0.5, 0.6) is 11.5 Å². The highest BCUT2D eigenvalue weighted by Crippen LogP contribution is 2.53. The fourth-order valence-corrected chi connectivity index (χ4v) is 4.67. The number of hydrogen-bond donors (Lipinski definition) is 3. The van der Waals surface area contributed by atoms with Crippen molar-refractivity contribution in [2.45, 2.75) is 38.0 Å². The van der Waals surface area contributed by atoms with Gasteiger partial charge in [-0.25, -0.2) is 0 Å². The van der Waals surface area contributed by atoms with Gasteiger partial charge in [-0.1, -0.05) is 44.0 Å². The van der Waals surface area contributed by atoms with Crippen LogP contribution in [0, 0.1) is 11.8 Å². The number of hydrogen-bond acceptors (Lipinski definition) is 3. The van der Waals surface area contributed by atoms with Gasteiger partial charge in [0.2, 0.25) is 0 Å². The number of carboxylic acid groups (broad SMARTS) is 1. The Balaban J connectivity index is 2.30. The average molecular weight is 340 g/mol. The Morgan fingerprint density at radius 1 is 0.960 bits per heavy atom. The van der Waals surface area contributed by atoms with E-state index in [9.17, 15) is 20.1 Å². The monoisotopic (exact) mass is 340 g/mol. The summed E-state index contributed by atoms with van der Waals surface area (Å²) >= 11 is 0. The van der Waals surface area contributed by atoms with Crippen LogP contribution in [0.1, 0.15) is 43.7 Å². The summed E-state index contributed by atoms with van der Waals surface area (Å²) in [6, 6.07) is 13.8. The molecule has 4 heteroatoms. The molecule has 0 saturated heterocycles. The fourth-order valence-electron chi connectivity index (χ4n) is 4.67. The first-order valence-corrected chi connectivity index (χ1v) is 8.82. The van der Waals surface area contributed by atoms with Gasteiger partial charge in [0.25, 0.3) is 0 Å². The summed E-state index contributed by atoms with van der Waals surface area (Å²) in [5.41, 5.74) is 1.16. The molecule has 2 aromatic rings. The van der Waals surface area contributed by atoms with Crippen molar-refractivity contribution in [3.63, 3.8) is 0 Å². The van der Waals surface area contributed by atoms with Crippen LogP contribution in [0.15, 0.2) is 48.5 Å². The third-order valence-corrected chi connectivity index (χ3v) is 5.72. The van der Waals surface area contributed by atoms with E-state index in [1.807, 2.05) is 24.3 Å². The second-order valence-electron chi connectivity index (χ2n) is 6.89. The van der Waals surface area contributed by atoms with Crippen LogP contribution in [-0.2, 0) is 10.2 Å². The summed E-state index contributed by atoms with van der Waals surface area (Å²) in [6.07, 6.45) is 3.34. The molecular formula is C21H24O4. The first-order chi connectivity index (χ1) is 12.0. The molecule has 0 aliphatic heterocycles. The lowest BCUT2D eigenvalue weighted by Gasteiger charge is -2.49. The largest absolute Gasteiger partial charge is 0.508 e. The Kier molecular flexibility index (Phi) is 4.71. The van der Waals surface area contributed by atoms with E-state index in [-0.39, 0.29) is 17.4 Å². The third-order valence-electron chi connectivity index (χ3n) is 5.72. The molecule has 0 bridgehead atoms. The molecular weight excluding hydrogens is 316 g/mol. The molecule has 3 N–H and O–H groups in total.